The van der Waals surface area contributed by atoms with E-state index in [1.54, 1.807) is 11.4 Å². The van der Waals surface area contributed by atoms with Crippen LogP contribution in [0.1, 0.15) is 37.9 Å². The number of nitrogens with zero attached hydrogens (tertiary/aromatic N) is 5. The summed E-state index contributed by atoms with van der Waals surface area (Å²) in [5.41, 5.74) is 7.82. The summed E-state index contributed by atoms with van der Waals surface area (Å²) in [5, 5.41) is 22.1. The number of carboxylic acid groups (broad SMARTS) is 1. The largest absolute Gasteiger partial charge is 0.477 e. The van der Waals surface area contributed by atoms with Crippen LogP contribution in [0.4, 0.5) is 15.2 Å². The molecule has 4 aliphatic rings. The second-order valence-electron chi connectivity index (χ2n) is 12.2. The molecule has 5 N–H and O–H groups in total. The molecule has 0 radical (unpaired) electrons. The molecular formula is C32H36FN8O5S3+. The second-order valence-corrected chi connectivity index (χ2v) is 15.2. The molecule has 0 spiro atoms. The van der Waals surface area contributed by atoms with Crippen molar-refractivity contribution in [3.63, 3.8) is 0 Å². The first-order valence-corrected chi connectivity index (χ1v) is 18.9. The lowest BCUT2D eigenvalue weighted by atomic mass is 10.0. The maximum absolute atomic E-state index is 15.9. The van der Waals surface area contributed by atoms with Crippen LogP contribution in [0.15, 0.2) is 51.1 Å². The fourth-order valence-corrected chi connectivity index (χ4v) is 9.67. The number of oxime groups is 1. The molecule has 3 unspecified atom stereocenters. The van der Waals surface area contributed by atoms with Gasteiger partial charge in [-0.2, -0.15) is 4.57 Å². The molecule has 5 heterocycles. The number of carbonyl (C=O) groups excluding carboxylic acids is 2. The Hall–Kier alpha value is -3.93. The van der Waals surface area contributed by atoms with Gasteiger partial charge in [0, 0.05) is 72.4 Å². The molecule has 13 nitrogen and oxygen atoms in total. The number of amides is 2. The van der Waals surface area contributed by atoms with Gasteiger partial charge in [-0.3, -0.25) is 14.5 Å². The van der Waals surface area contributed by atoms with Crippen LogP contribution in [0.3, 0.4) is 0 Å². The number of halogens is 1. The Morgan fingerprint density at radius 1 is 1.35 bits per heavy atom. The van der Waals surface area contributed by atoms with Crippen molar-refractivity contribution in [2.45, 2.75) is 54.6 Å². The van der Waals surface area contributed by atoms with E-state index in [1.165, 1.54) is 35.5 Å². The van der Waals surface area contributed by atoms with Crippen molar-refractivity contribution in [3.8, 4) is 0 Å². The van der Waals surface area contributed by atoms with Gasteiger partial charge in [0.25, 0.3) is 11.8 Å². The van der Waals surface area contributed by atoms with Crippen molar-refractivity contribution >= 4 is 80.1 Å². The zero-order chi connectivity index (χ0) is 34.4. The maximum Gasteiger partial charge on any atom is 0.352 e. The number of hydrogen-bond acceptors (Lipinski definition) is 12. The first-order chi connectivity index (χ1) is 23.7. The number of nitrogen functional groups attached to an aromatic ring is 1. The number of benzene rings is 1. The van der Waals surface area contributed by atoms with E-state index >= 15 is 4.39 Å². The van der Waals surface area contributed by atoms with Crippen molar-refractivity contribution in [2.24, 2.45) is 5.16 Å². The first kappa shape index (κ1) is 33.6. The molecule has 3 aromatic rings. The zero-order valence-electron chi connectivity index (χ0n) is 26.8. The van der Waals surface area contributed by atoms with E-state index < -0.39 is 29.2 Å². The average Bonchev–Trinajstić information content (AvgIpc) is 3.86. The minimum atomic E-state index is -1.22. The van der Waals surface area contributed by atoms with Crippen LogP contribution in [-0.4, -0.2) is 94.2 Å². The van der Waals surface area contributed by atoms with E-state index in [1.807, 2.05) is 18.3 Å². The summed E-state index contributed by atoms with van der Waals surface area (Å²) in [7, 11) is 1.28. The number of carbonyl (C=O) groups is 3. The second kappa shape index (κ2) is 13.8. The monoisotopic (exact) mass is 727 g/mol. The Morgan fingerprint density at radius 2 is 2.16 bits per heavy atom. The molecule has 49 heavy (non-hydrogen) atoms. The van der Waals surface area contributed by atoms with Crippen LogP contribution in [0.5, 0.6) is 0 Å². The van der Waals surface area contributed by atoms with Gasteiger partial charge in [0.1, 0.15) is 35.7 Å². The van der Waals surface area contributed by atoms with Crippen LogP contribution in [0.2, 0.25) is 0 Å². The van der Waals surface area contributed by atoms with Crippen molar-refractivity contribution in [2.75, 3.05) is 48.9 Å². The topological polar surface area (TPSA) is 166 Å². The molecule has 1 aromatic carbocycles. The molecule has 1 aliphatic carbocycles. The number of nitrogens with one attached hydrogen (secondary N) is 2. The summed E-state index contributed by atoms with van der Waals surface area (Å²) >= 11 is 3.93. The Morgan fingerprint density at radius 3 is 2.86 bits per heavy atom. The molecule has 2 amide bonds. The number of carboxylic acids is 1. The lowest BCUT2D eigenvalue weighted by Gasteiger charge is -2.49. The molecular weight excluding hydrogens is 692 g/mol. The van der Waals surface area contributed by atoms with E-state index in [2.05, 4.69) is 37.2 Å². The van der Waals surface area contributed by atoms with Gasteiger partial charge < -0.3 is 31.2 Å². The van der Waals surface area contributed by atoms with Crippen molar-refractivity contribution in [1.29, 1.82) is 0 Å². The van der Waals surface area contributed by atoms with E-state index in [9.17, 15) is 19.5 Å². The summed E-state index contributed by atoms with van der Waals surface area (Å²) in [4.78, 5) is 52.2. The molecule has 1 saturated carbocycles. The summed E-state index contributed by atoms with van der Waals surface area (Å²) in [5.74, 6) is -2.10. The van der Waals surface area contributed by atoms with Crippen LogP contribution in [0, 0.1) is 5.82 Å². The number of piperazine rings is 1. The predicted molar refractivity (Wildman–Crippen MR) is 187 cm³/mol. The smallest absolute Gasteiger partial charge is 0.352 e. The van der Waals surface area contributed by atoms with Gasteiger partial charge >= 0.3 is 5.97 Å². The molecule has 7 rings (SSSR count). The number of nitrogens with two attached hydrogens (primary N) is 1. The fourth-order valence-electron chi connectivity index (χ4n) is 6.60. The first-order valence-electron chi connectivity index (χ1n) is 16.0. The number of β-lactam (4-membered cyclic amide) rings is 1. The highest BCUT2D eigenvalue weighted by atomic mass is 32.2. The van der Waals surface area contributed by atoms with Crippen LogP contribution in [-0.2, 0) is 19.2 Å². The Bertz CT molecular complexity index is 1900. The molecule has 3 aliphatic heterocycles. The summed E-state index contributed by atoms with van der Waals surface area (Å²) in [6, 6.07) is 5.18. The highest BCUT2D eigenvalue weighted by molar-refractivity contribution is 8.01. The third kappa shape index (κ3) is 6.32. The SMILES string of the molecule is CCC1CNCCN1c1cc2c(cc1F)c(SCC1=C(C(=O)O)N3C(=O)C(NC(=O)/C(=N\OC)c4csc(N)n4)C3SC1)cc[n+]2C1CC1. The summed E-state index contributed by atoms with van der Waals surface area (Å²) in [6.07, 6.45) is 5.09. The van der Waals surface area contributed by atoms with Crippen LogP contribution < -0.4 is 25.8 Å². The maximum atomic E-state index is 15.9. The number of aliphatic carboxylic acids is 1. The fraction of sp³-hybridized carbons (Fsp3) is 0.438. The zero-order valence-corrected chi connectivity index (χ0v) is 29.3. The van der Waals surface area contributed by atoms with Gasteiger partial charge in [-0.15, -0.1) is 34.9 Å². The lowest BCUT2D eigenvalue weighted by Crippen LogP contribution is -2.71. The Labute approximate surface area is 294 Å². The van der Waals surface area contributed by atoms with Gasteiger partial charge in [-0.1, -0.05) is 12.1 Å². The number of rotatable bonds is 11. The summed E-state index contributed by atoms with van der Waals surface area (Å²) in [6.45, 7) is 4.45. The van der Waals surface area contributed by atoms with Crippen LogP contribution >= 0.6 is 34.9 Å². The molecule has 3 atom stereocenters. The molecule has 2 aromatic heterocycles. The van der Waals surface area contributed by atoms with Gasteiger partial charge in [0.15, 0.2) is 23.1 Å². The number of aromatic nitrogens is 2. The highest BCUT2D eigenvalue weighted by Crippen LogP contribution is 2.43. The number of thiazole rings is 1. The quantitative estimate of drug-likeness (QED) is 0.0755. The van der Waals surface area contributed by atoms with Gasteiger partial charge in [0.05, 0.1) is 11.1 Å². The summed E-state index contributed by atoms with van der Waals surface area (Å²) < 4.78 is 18.1. The highest BCUT2D eigenvalue weighted by Gasteiger charge is 2.54. The van der Waals surface area contributed by atoms with Crippen molar-refractivity contribution < 1.29 is 33.3 Å². The number of anilines is 2. The van der Waals surface area contributed by atoms with Crippen molar-refractivity contribution in [3.05, 3.63) is 52.6 Å². The molecule has 258 valence electrons. The average molecular weight is 728 g/mol. The normalized spacial score (nSPS) is 22.6. The third-order valence-corrected chi connectivity index (χ3v) is 12.3. The Kier molecular flexibility index (Phi) is 9.43. The lowest BCUT2D eigenvalue weighted by molar-refractivity contribution is -0.675. The van der Waals surface area contributed by atoms with E-state index in [0.29, 0.717) is 28.8 Å². The van der Waals surface area contributed by atoms with Gasteiger partial charge in [-0.25, -0.2) is 14.2 Å². The van der Waals surface area contributed by atoms with E-state index in [4.69, 9.17) is 10.6 Å². The number of pyridine rings is 1. The van der Waals surface area contributed by atoms with Crippen molar-refractivity contribution in [1.82, 2.24) is 20.5 Å². The molecule has 17 heteroatoms. The Balaban J connectivity index is 1.12. The predicted octanol–water partition coefficient (Wildman–Crippen LogP) is 2.71. The van der Waals surface area contributed by atoms with Crippen LogP contribution in [0.25, 0.3) is 10.9 Å². The van der Waals surface area contributed by atoms with E-state index in [0.717, 1.165) is 66.0 Å². The number of hydrogen-bond donors (Lipinski definition) is 4. The molecule has 2 saturated heterocycles. The molecule has 0 bridgehead atoms. The van der Waals surface area contributed by atoms with E-state index in [-0.39, 0.29) is 34.1 Å². The number of fused-ring (bicyclic) bond motifs is 2. The van der Waals surface area contributed by atoms with Gasteiger partial charge in [-0.05, 0) is 18.1 Å². The molecule has 3 fully saturated rings. The standard InChI is InChI=1S/C32H35FN8O5S3/c1-3-17-12-35-7-9-40(17)23-11-22-19(10-20(23)33)24(6-8-39(22)18-4-5-18)47-13-16-14-48-30-26(29(43)41(30)27(16)31(44)45)37-28(42)25(38-46-2)21-15-49-32(34)36-21/h6,8,10-11,15,17-18,26,30,35H,3-5,7,9,12-14H2,1-2H3,(H3-,34,36,37,42,44,45)/p+1/b38-25-. The minimum absolute atomic E-state index is 0.0872. The number of thioether (sulfide) groups is 2. The van der Waals surface area contributed by atoms with Gasteiger partial charge in [0.2, 0.25) is 5.52 Å². The third-order valence-electron chi connectivity index (χ3n) is 9.17. The minimum Gasteiger partial charge on any atom is -0.477 e.